The van der Waals surface area contributed by atoms with Crippen LogP contribution in [0.1, 0.15) is 25.6 Å². The van der Waals surface area contributed by atoms with E-state index in [0.717, 1.165) is 4.88 Å². The highest BCUT2D eigenvalue weighted by Crippen LogP contribution is 2.20. The van der Waals surface area contributed by atoms with Crippen LogP contribution in [-0.2, 0) is 11.3 Å². The van der Waals surface area contributed by atoms with Gasteiger partial charge in [0, 0.05) is 10.1 Å². The minimum atomic E-state index is -0.396. The van der Waals surface area contributed by atoms with Gasteiger partial charge in [0.2, 0.25) is 5.91 Å². The number of hydrogen-bond donors (Lipinski definition) is 2. The van der Waals surface area contributed by atoms with Gasteiger partial charge in [-0.2, -0.15) is 0 Å². The van der Waals surface area contributed by atoms with Crippen LogP contribution in [0.15, 0.2) is 17.5 Å². The summed E-state index contributed by atoms with van der Waals surface area (Å²) in [4.78, 5) is 12.9. The first kappa shape index (κ1) is 14.5. The Balaban J connectivity index is 2.32. The van der Waals surface area contributed by atoms with Crippen molar-refractivity contribution >= 4 is 29.0 Å². The van der Waals surface area contributed by atoms with Gasteiger partial charge in [-0.15, -0.1) is 23.1 Å². The lowest BCUT2D eigenvalue weighted by Gasteiger charge is -2.18. The molecular formula is C12H19NO2S2. The van der Waals surface area contributed by atoms with E-state index in [9.17, 15) is 9.90 Å². The van der Waals surface area contributed by atoms with E-state index in [-0.39, 0.29) is 16.4 Å². The van der Waals surface area contributed by atoms with Gasteiger partial charge in [-0.25, -0.2) is 0 Å². The molecule has 1 amide bonds. The van der Waals surface area contributed by atoms with Gasteiger partial charge in [-0.3, -0.25) is 4.79 Å². The minimum absolute atomic E-state index is 0.0240. The Morgan fingerprint density at radius 1 is 1.53 bits per heavy atom. The van der Waals surface area contributed by atoms with Crippen molar-refractivity contribution in [2.75, 3.05) is 0 Å². The smallest absolute Gasteiger partial charge is 0.233 e. The molecule has 5 heteroatoms. The third-order valence-electron chi connectivity index (χ3n) is 2.48. The summed E-state index contributed by atoms with van der Waals surface area (Å²) in [5.41, 5.74) is 0. The van der Waals surface area contributed by atoms with Gasteiger partial charge in [0.15, 0.2) is 0 Å². The average molecular weight is 273 g/mol. The Labute approximate surface area is 111 Å². The molecule has 1 heterocycles. The molecule has 2 N–H and O–H groups in total. The molecule has 3 atom stereocenters. The number of rotatable bonds is 6. The first-order valence-electron chi connectivity index (χ1n) is 5.64. The Morgan fingerprint density at radius 3 is 2.76 bits per heavy atom. The highest BCUT2D eigenvalue weighted by molar-refractivity contribution is 8.01. The molecule has 0 saturated carbocycles. The molecule has 1 aromatic heterocycles. The molecular weight excluding hydrogens is 254 g/mol. The van der Waals surface area contributed by atoms with Crippen LogP contribution >= 0.6 is 23.1 Å². The summed E-state index contributed by atoms with van der Waals surface area (Å²) in [5, 5.41) is 14.2. The van der Waals surface area contributed by atoms with Crippen LogP contribution in [0.3, 0.4) is 0 Å². The maximum absolute atomic E-state index is 11.8. The largest absolute Gasteiger partial charge is 0.392 e. The molecule has 0 spiro atoms. The van der Waals surface area contributed by atoms with Crippen molar-refractivity contribution in [1.29, 1.82) is 0 Å². The minimum Gasteiger partial charge on any atom is -0.392 e. The van der Waals surface area contributed by atoms with Crippen molar-refractivity contribution in [3.63, 3.8) is 0 Å². The molecule has 0 fully saturated rings. The van der Waals surface area contributed by atoms with Gasteiger partial charge in [0.1, 0.15) is 0 Å². The highest BCUT2D eigenvalue weighted by atomic mass is 32.2. The van der Waals surface area contributed by atoms with Gasteiger partial charge in [-0.05, 0) is 25.3 Å². The molecule has 0 aromatic carbocycles. The van der Waals surface area contributed by atoms with E-state index >= 15 is 0 Å². The second-order valence-corrected chi connectivity index (χ2v) is 6.78. The number of amides is 1. The van der Waals surface area contributed by atoms with Crippen molar-refractivity contribution in [2.45, 2.75) is 43.9 Å². The van der Waals surface area contributed by atoms with Gasteiger partial charge in [0.05, 0.1) is 17.9 Å². The number of carbonyl (C=O) groups is 1. The Hall–Kier alpha value is -0.520. The zero-order chi connectivity index (χ0) is 12.8. The number of nitrogens with one attached hydrogen (secondary N) is 1. The molecule has 1 rings (SSSR count). The molecule has 0 saturated heterocycles. The summed E-state index contributed by atoms with van der Waals surface area (Å²) in [6.45, 7) is 6.13. The third kappa shape index (κ3) is 5.10. The number of aliphatic hydroxyl groups is 1. The van der Waals surface area contributed by atoms with E-state index in [1.54, 1.807) is 18.3 Å². The lowest BCUT2D eigenvalue weighted by Crippen LogP contribution is -2.32. The fourth-order valence-electron chi connectivity index (χ4n) is 1.23. The molecule has 3 unspecified atom stereocenters. The molecule has 0 aliphatic carbocycles. The van der Waals surface area contributed by atoms with E-state index in [4.69, 9.17) is 0 Å². The quantitative estimate of drug-likeness (QED) is 0.836. The van der Waals surface area contributed by atoms with Crippen LogP contribution in [0.25, 0.3) is 0 Å². The highest BCUT2D eigenvalue weighted by Gasteiger charge is 2.19. The fraction of sp³-hybridized carbons (Fsp3) is 0.583. The lowest BCUT2D eigenvalue weighted by atomic mass is 10.3. The molecule has 1 aromatic rings. The Bertz CT molecular complexity index is 338. The van der Waals surface area contributed by atoms with Crippen molar-refractivity contribution in [2.24, 2.45) is 0 Å². The summed E-state index contributed by atoms with van der Waals surface area (Å²) < 4.78 is 0. The van der Waals surface area contributed by atoms with Crippen LogP contribution in [-0.4, -0.2) is 27.6 Å². The van der Waals surface area contributed by atoms with Crippen LogP contribution < -0.4 is 5.32 Å². The molecule has 3 nitrogen and oxygen atoms in total. The number of thiophene rings is 1. The van der Waals surface area contributed by atoms with E-state index in [0.29, 0.717) is 6.54 Å². The summed E-state index contributed by atoms with van der Waals surface area (Å²) in [5.74, 6) is 0.0240. The fourth-order valence-corrected chi connectivity index (χ4v) is 2.95. The molecule has 0 aliphatic heterocycles. The van der Waals surface area contributed by atoms with E-state index < -0.39 is 6.10 Å². The maximum atomic E-state index is 11.8. The second kappa shape index (κ2) is 7.03. The SMILES string of the molecule is CC(SC(C)C(C)O)C(=O)NCc1cccs1. The molecule has 17 heavy (non-hydrogen) atoms. The summed E-state index contributed by atoms with van der Waals surface area (Å²) in [6.07, 6.45) is -0.396. The monoisotopic (exact) mass is 273 g/mol. The van der Waals surface area contributed by atoms with E-state index in [2.05, 4.69) is 5.32 Å². The summed E-state index contributed by atoms with van der Waals surface area (Å²) >= 11 is 3.13. The van der Waals surface area contributed by atoms with Gasteiger partial charge >= 0.3 is 0 Å². The van der Waals surface area contributed by atoms with Crippen LogP contribution in [0.5, 0.6) is 0 Å². The van der Waals surface area contributed by atoms with E-state index in [1.165, 1.54) is 11.8 Å². The van der Waals surface area contributed by atoms with Crippen molar-refractivity contribution in [1.82, 2.24) is 5.32 Å². The first-order valence-corrected chi connectivity index (χ1v) is 7.46. The standard InChI is InChI=1S/C12H19NO2S2/c1-8(14)9(2)17-10(3)12(15)13-7-11-5-4-6-16-11/h4-6,8-10,14H,7H2,1-3H3,(H,13,15). The summed E-state index contributed by atoms with van der Waals surface area (Å²) in [6, 6.07) is 3.97. The van der Waals surface area contributed by atoms with E-state index in [1.807, 2.05) is 31.4 Å². The second-order valence-electron chi connectivity index (χ2n) is 4.02. The first-order chi connectivity index (χ1) is 8.00. The number of aliphatic hydroxyl groups excluding tert-OH is 1. The molecule has 0 bridgehead atoms. The third-order valence-corrected chi connectivity index (χ3v) is 4.81. The van der Waals surface area contributed by atoms with Gasteiger partial charge < -0.3 is 10.4 Å². The number of hydrogen-bond acceptors (Lipinski definition) is 4. The van der Waals surface area contributed by atoms with Crippen LogP contribution in [0.2, 0.25) is 0 Å². The van der Waals surface area contributed by atoms with Crippen molar-refractivity contribution in [3.8, 4) is 0 Å². The van der Waals surface area contributed by atoms with Gasteiger partial charge in [0.25, 0.3) is 0 Å². The normalized spacial score (nSPS) is 16.2. The Morgan fingerprint density at radius 2 is 2.24 bits per heavy atom. The zero-order valence-electron chi connectivity index (χ0n) is 10.3. The van der Waals surface area contributed by atoms with Gasteiger partial charge in [-0.1, -0.05) is 13.0 Å². The predicted octanol–water partition coefficient (Wildman–Crippen LogP) is 2.26. The van der Waals surface area contributed by atoms with Crippen molar-refractivity contribution in [3.05, 3.63) is 22.4 Å². The summed E-state index contributed by atoms with van der Waals surface area (Å²) in [7, 11) is 0. The lowest BCUT2D eigenvalue weighted by molar-refractivity contribution is -0.120. The number of carbonyl (C=O) groups excluding carboxylic acids is 1. The topological polar surface area (TPSA) is 49.3 Å². The molecule has 0 aliphatic rings. The zero-order valence-corrected chi connectivity index (χ0v) is 12.0. The number of thioether (sulfide) groups is 1. The van der Waals surface area contributed by atoms with Crippen molar-refractivity contribution < 1.29 is 9.90 Å². The predicted molar refractivity (Wildman–Crippen MR) is 74.4 cm³/mol. The maximum Gasteiger partial charge on any atom is 0.233 e. The molecule has 0 radical (unpaired) electrons. The Kier molecular flexibility index (Phi) is 6.02. The average Bonchev–Trinajstić information content (AvgIpc) is 2.78. The van der Waals surface area contributed by atoms with Crippen LogP contribution in [0, 0.1) is 0 Å². The van der Waals surface area contributed by atoms with Crippen LogP contribution in [0.4, 0.5) is 0 Å². The molecule has 96 valence electrons.